The predicted molar refractivity (Wildman–Crippen MR) is 112 cm³/mol. The highest BCUT2D eigenvalue weighted by Gasteiger charge is 2.28. The molecular weight excluding hydrogens is 384 g/mol. The molecule has 0 radical (unpaired) electrons. The van der Waals surface area contributed by atoms with Gasteiger partial charge in [-0.1, -0.05) is 54.1 Å². The quantitative estimate of drug-likeness (QED) is 0.363. The molecule has 0 aliphatic rings. The minimum Gasteiger partial charge on any atom is -0.444 e. The zero-order valence-corrected chi connectivity index (χ0v) is 16.5. The molecule has 7 nitrogen and oxygen atoms in total. The van der Waals surface area contributed by atoms with Crippen molar-refractivity contribution in [3.05, 3.63) is 105 Å². The first-order valence-electron chi connectivity index (χ1n) is 9.24. The number of anilines is 1. The van der Waals surface area contributed by atoms with E-state index >= 15 is 0 Å². The van der Waals surface area contributed by atoms with Crippen LogP contribution in [0.3, 0.4) is 0 Å². The highest BCUT2D eigenvalue weighted by atomic mass is 16.6. The average molecular weight is 404 g/mol. The summed E-state index contributed by atoms with van der Waals surface area (Å²) in [6.07, 6.45) is -1.22. The van der Waals surface area contributed by atoms with Gasteiger partial charge < -0.3 is 10.1 Å². The topological polar surface area (TPSA) is 98.5 Å². The van der Waals surface area contributed by atoms with Crippen molar-refractivity contribution in [1.82, 2.24) is 0 Å². The molecule has 0 bridgehead atoms. The van der Waals surface area contributed by atoms with Crippen LogP contribution in [0.15, 0.2) is 72.8 Å². The molecule has 0 spiro atoms. The molecular formula is C23H20N2O5. The van der Waals surface area contributed by atoms with Crippen molar-refractivity contribution < 1.29 is 19.2 Å². The maximum atomic E-state index is 12.9. The first-order valence-corrected chi connectivity index (χ1v) is 9.24. The largest absolute Gasteiger partial charge is 0.444 e. The Bertz CT molecular complexity index is 1080. The molecule has 0 fully saturated rings. The number of ether oxygens (including phenoxy) is 1. The van der Waals surface area contributed by atoms with Gasteiger partial charge >= 0.3 is 5.97 Å². The van der Waals surface area contributed by atoms with Crippen LogP contribution in [0.2, 0.25) is 0 Å². The van der Waals surface area contributed by atoms with Crippen LogP contribution in [0, 0.1) is 24.0 Å². The number of carbonyl (C=O) groups excluding carboxylic acids is 2. The summed E-state index contributed by atoms with van der Waals surface area (Å²) in [5.74, 6) is -1.34. The van der Waals surface area contributed by atoms with Crippen molar-refractivity contribution in [2.45, 2.75) is 20.0 Å². The number of amides is 1. The molecule has 1 atom stereocenters. The van der Waals surface area contributed by atoms with Crippen LogP contribution in [0.1, 0.15) is 33.2 Å². The molecule has 0 unspecified atom stereocenters. The van der Waals surface area contributed by atoms with Crippen molar-refractivity contribution in [3.8, 4) is 0 Å². The second-order valence-electron chi connectivity index (χ2n) is 6.76. The van der Waals surface area contributed by atoms with Gasteiger partial charge in [0.1, 0.15) is 0 Å². The third-order valence-electron chi connectivity index (χ3n) is 4.61. The fourth-order valence-electron chi connectivity index (χ4n) is 2.96. The van der Waals surface area contributed by atoms with Gasteiger partial charge in [-0.3, -0.25) is 14.9 Å². The van der Waals surface area contributed by atoms with Crippen LogP contribution in [-0.4, -0.2) is 16.8 Å². The van der Waals surface area contributed by atoms with Gasteiger partial charge in [0.2, 0.25) is 6.10 Å². The van der Waals surface area contributed by atoms with E-state index in [1.807, 2.05) is 19.1 Å². The van der Waals surface area contributed by atoms with E-state index in [-0.39, 0.29) is 16.8 Å². The lowest BCUT2D eigenvalue weighted by atomic mass is 10.1. The predicted octanol–water partition coefficient (Wildman–Crippen LogP) is 4.75. The first kappa shape index (κ1) is 20.7. The molecule has 3 aromatic carbocycles. The lowest BCUT2D eigenvalue weighted by Crippen LogP contribution is -2.26. The number of hydrogen-bond donors (Lipinski definition) is 1. The van der Waals surface area contributed by atoms with E-state index in [4.69, 9.17) is 4.74 Å². The summed E-state index contributed by atoms with van der Waals surface area (Å²) < 4.78 is 5.52. The van der Waals surface area contributed by atoms with Gasteiger partial charge in [-0.2, -0.15) is 0 Å². The smallest absolute Gasteiger partial charge is 0.339 e. The van der Waals surface area contributed by atoms with E-state index in [0.29, 0.717) is 11.3 Å². The molecule has 0 saturated heterocycles. The van der Waals surface area contributed by atoms with Gasteiger partial charge in [0.25, 0.3) is 11.6 Å². The fourth-order valence-corrected chi connectivity index (χ4v) is 2.96. The van der Waals surface area contributed by atoms with Gasteiger partial charge in [-0.15, -0.1) is 0 Å². The Labute approximate surface area is 173 Å². The van der Waals surface area contributed by atoms with Crippen molar-refractivity contribution in [2.75, 3.05) is 5.32 Å². The second kappa shape index (κ2) is 9.00. The van der Waals surface area contributed by atoms with E-state index in [9.17, 15) is 19.7 Å². The number of nitro benzene ring substituents is 1. The number of benzene rings is 3. The Morgan fingerprint density at radius 3 is 2.23 bits per heavy atom. The van der Waals surface area contributed by atoms with Crippen molar-refractivity contribution in [1.29, 1.82) is 0 Å². The lowest BCUT2D eigenvalue weighted by Gasteiger charge is -2.19. The molecule has 3 aromatic rings. The Hall–Kier alpha value is -4.00. The fraction of sp³-hybridized carbons (Fsp3) is 0.130. The zero-order chi connectivity index (χ0) is 21.7. The lowest BCUT2D eigenvalue weighted by molar-refractivity contribution is -0.385. The molecule has 1 N–H and O–H groups in total. The maximum absolute atomic E-state index is 12.9. The van der Waals surface area contributed by atoms with Gasteiger partial charge in [0, 0.05) is 22.9 Å². The zero-order valence-electron chi connectivity index (χ0n) is 16.5. The Morgan fingerprint density at radius 1 is 0.933 bits per heavy atom. The van der Waals surface area contributed by atoms with E-state index in [1.54, 1.807) is 42.5 Å². The standard InChI is InChI=1S/C23H20N2O5/c1-15-11-13-18(14-12-15)24-22(26)21(17-7-4-3-5-8-17)30-23(27)19-9-6-10-20(16(19)2)25(28)29/h3-14,21H,1-2H3,(H,24,26)/t21-/m1/s1. The molecule has 0 aliphatic carbocycles. The van der Waals surface area contributed by atoms with Crippen LogP contribution in [0.25, 0.3) is 0 Å². The van der Waals surface area contributed by atoms with Crippen LogP contribution < -0.4 is 5.32 Å². The number of carbonyl (C=O) groups is 2. The monoisotopic (exact) mass is 404 g/mol. The van der Waals surface area contributed by atoms with Crippen molar-refractivity contribution in [3.63, 3.8) is 0 Å². The molecule has 7 heteroatoms. The number of nitro groups is 1. The third-order valence-corrected chi connectivity index (χ3v) is 4.61. The summed E-state index contributed by atoms with van der Waals surface area (Å²) >= 11 is 0. The Morgan fingerprint density at radius 2 is 1.60 bits per heavy atom. The summed E-state index contributed by atoms with van der Waals surface area (Å²) in [4.78, 5) is 36.3. The summed E-state index contributed by atoms with van der Waals surface area (Å²) in [5, 5.41) is 13.9. The SMILES string of the molecule is Cc1ccc(NC(=O)[C@H](OC(=O)c2cccc([N+](=O)[O-])c2C)c2ccccc2)cc1. The van der Waals surface area contributed by atoms with Crippen LogP contribution in [0.4, 0.5) is 11.4 Å². The van der Waals surface area contributed by atoms with Crippen LogP contribution >= 0.6 is 0 Å². The molecule has 0 aromatic heterocycles. The van der Waals surface area contributed by atoms with E-state index in [1.165, 1.54) is 25.1 Å². The minimum atomic E-state index is -1.22. The maximum Gasteiger partial charge on any atom is 0.339 e. The molecule has 0 aliphatic heterocycles. The summed E-state index contributed by atoms with van der Waals surface area (Å²) in [6.45, 7) is 3.40. The van der Waals surface area contributed by atoms with Crippen LogP contribution in [-0.2, 0) is 9.53 Å². The third kappa shape index (κ3) is 4.70. The first-order chi connectivity index (χ1) is 14.4. The molecule has 0 saturated carbocycles. The molecule has 3 rings (SSSR count). The summed E-state index contributed by atoms with van der Waals surface area (Å²) in [5.41, 5.74) is 2.11. The van der Waals surface area contributed by atoms with E-state index in [0.717, 1.165) is 5.56 Å². The summed E-state index contributed by atoms with van der Waals surface area (Å²) in [7, 11) is 0. The average Bonchev–Trinajstić information content (AvgIpc) is 2.74. The van der Waals surface area contributed by atoms with Gasteiger partial charge in [-0.25, -0.2) is 4.79 Å². The van der Waals surface area contributed by atoms with Crippen molar-refractivity contribution in [2.24, 2.45) is 0 Å². The number of hydrogen-bond acceptors (Lipinski definition) is 5. The molecule has 0 heterocycles. The Kier molecular flexibility index (Phi) is 6.22. The molecule has 1 amide bonds. The number of nitrogens with zero attached hydrogens (tertiary/aromatic N) is 1. The van der Waals surface area contributed by atoms with Gasteiger partial charge in [-0.05, 0) is 32.0 Å². The van der Waals surface area contributed by atoms with Gasteiger partial charge in [0.05, 0.1) is 10.5 Å². The number of esters is 1. The minimum absolute atomic E-state index is 0.0354. The molecule has 152 valence electrons. The van der Waals surface area contributed by atoms with Crippen molar-refractivity contribution >= 4 is 23.3 Å². The Balaban J connectivity index is 1.89. The number of nitrogens with one attached hydrogen (secondary N) is 1. The highest BCUT2D eigenvalue weighted by molar-refractivity contribution is 5.99. The molecule has 30 heavy (non-hydrogen) atoms. The summed E-state index contributed by atoms with van der Waals surface area (Å²) in [6, 6.07) is 20.0. The number of aryl methyl sites for hydroxylation is 1. The number of rotatable bonds is 6. The van der Waals surface area contributed by atoms with Crippen LogP contribution in [0.5, 0.6) is 0 Å². The van der Waals surface area contributed by atoms with E-state index < -0.39 is 22.9 Å². The highest BCUT2D eigenvalue weighted by Crippen LogP contribution is 2.26. The van der Waals surface area contributed by atoms with Gasteiger partial charge in [0.15, 0.2) is 0 Å². The second-order valence-corrected chi connectivity index (χ2v) is 6.76. The normalized spacial score (nSPS) is 11.4. The van der Waals surface area contributed by atoms with E-state index in [2.05, 4.69) is 5.32 Å².